The topological polar surface area (TPSA) is 55.6 Å². The van der Waals surface area contributed by atoms with Crippen LogP contribution in [0.3, 0.4) is 0 Å². The van der Waals surface area contributed by atoms with Crippen molar-refractivity contribution in [2.24, 2.45) is 5.73 Å². The Kier molecular flexibility index (Phi) is 4.12. The smallest absolute Gasteiger partial charge is 0.224 e. The van der Waals surface area contributed by atoms with Gasteiger partial charge in [-0.25, -0.2) is 0 Å². The maximum atomic E-state index is 12.0. The summed E-state index contributed by atoms with van der Waals surface area (Å²) in [6.45, 7) is 2.62. The molecule has 1 aliphatic rings. The number of hydrogen-bond donors (Lipinski definition) is 1. The molecule has 2 N–H and O–H groups in total. The molecule has 0 bridgehead atoms. The van der Waals surface area contributed by atoms with E-state index in [0.29, 0.717) is 32.7 Å². The first kappa shape index (κ1) is 12.1. The number of nitrogens with zero attached hydrogens (tertiary/aromatic N) is 1. The van der Waals surface area contributed by atoms with E-state index in [9.17, 15) is 4.79 Å². The number of ether oxygens (including phenoxy) is 1. The lowest BCUT2D eigenvalue weighted by molar-refractivity contribution is -0.135. The van der Waals surface area contributed by atoms with Crippen molar-refractivity contribution in [1.82, 2.24) is 4.90 Å². The first-order chi connectivity index (χ1) is 8.27. The number of hydrogen-bond acceptors (Lipinski definition) is 3. The molecule has 1 aromatic carbocycles. The van der Waals surface area contributed by atoms with Gasteiger partial charge in [0.1, 0.15) is 0 Å². The molecule has 17 heavy (non-hydrogen) atoms. The van der Waals surface area contributed by atoms with Crippen LogP contribution in [0.15, 0.2) is 30.3 Å². The monoisotopic (exact) mass is 234 g/mol. The van der Waals surface area contributed by atoms with Crippen LogP contribution < -0.4 is 5.73 Å². The summed E-state index contributed by atoms with van der Waals surface area (Å²) in [4.78, 5) is 13.8. The number of rotatable bonds is 3. The minimum absolute atomic E-state index is 0.115. The second kappa shape index (κ2) is 5.80. The summed E-state index contributed by atoms with van der Waals surface area (Å²) in [6.07, 6.45) is 0.365. The number of carbonyl (C=O) groups excluding carboxylic acids is 1. The minimum atomic E-state index is -0.216. The standard InChI is InChI=1S/C13H18N2O2/c14-12(11-4-2-1-3-5-11)10-13(16)15-6-8-17-9-7-15/h1-5,12H,6-10,14H2/t12-/m0/s1. The molecule has 2 rings (SSSR count). The van der Waals surface area contributed by atoms with E-state index in [0.717, 1.165) is 5.56 Å². The summed E-state index contributed by atoms with van der Waals surface area (Å²) in [7, 11) is 0. The molecular formula is C13H18N2O2. The molecule has 4 nitrogen and oxygen atoms in total. The van der Waals surface area contributed by atoms with Crippen LogP contribution in [0.4, 0.5) is 0 Å². The van der Waals surface area contributed by atoms with Gasteiger partial charge < -0.3 is 15.4 Å². The predicted octanol–water partition coefficient (Wildman–Crippen LogP) is 0.935. The highest BCUT2D eigenvalue weighted by Gasteiger charge is 2.19. The third-order valence-corrected chi connectivity index (χ3v) is 2.99. The van der Waals surface area contributed by atoms with Crippen LogP contribution in [0.2, 0.25) is 0 Å². The van der Waals surface area contributed by atoms with Gasteiger partial charge in [0.05, 0.1) is 13.2 Å². The lowest BCUT2D eigenvalue weighted by atomic mass is 10.0. The SMILES string of the molecule is N[C@@H](CC(=O)N1CCOCC1)c1ccccc1. The first-order valence-corrected chi connectivity index (χ1v) is 5.93. The van der Waals surface area contributed by atoms with Crippen LogP contribution in [0.25, 0.3) is 0 Å². The van der Waals surface area contributed by atoms with E-state index in [1.54, 1.807) is 0 Å². The molecule has 1 amide bonds. The van der Waals surface area contributed by atoms with Crippen molar-refractivity contribution in [3.05, 3.63) is 35.9 Å². The average Bonchev–Trinajstić information content (AvgIpc) is 2.40. The lowest BCUT2D eigenvalue weighted by Gasteiger charge is -2.27. The van der Waals surface area contributed by atoms with Crippen molar-refractivity contribution >= 4 is 5.91 Å². The van der Waals surface area contributed by atoms with Crippen molar-refractivity contribution in [3.8, 4) is 0 Å². The quantitative estimate of drug-likeness (QED) is 0.846. The van der Waals surface area contributed by atoms with Gasteiger partial charge >= 0.3 is 0 Å². The average molecular weight is 234 g/mol. The number of benzene rings is 1. The number of carbonyl (C=O) groups is 1. The van der Waals surface area contributed by atoms with Gasteiger partial charge in [-0.05, 0) is 5.56 Å². The van der Waals surface area contributed by atoms with Crippen LogP contribution in [-0.4, -0.2) is 37.1 Å². The van der Waals surface area contributed by atoms with Gasteiger partial charge in [-0.15, -0.1) is 0 Å². The van der Waals surface area contributed by atoms with Crippen LogP contribution in [0.1, 0.15) is 18.0 Å². The van der Waals surface area contributed by atoms with Crippen molar-refractivity contribution in [1.29, 1.82) is 0 Å². The van der Waals surface area contributed by atoms with E-state index in [1.165, 1.54) is 0 Å². The summed E-state index contributed by atoms with van der Waals surface area (Å²) in [5.74, 6) is 0.115. The normalized spacial score (nSPS) is 17.8. The molecule has 1 aromatic rings. The highest BCUT2D eigenvalue weighted by atomic mass is 16.5. The Morgan fingerprint density at radius 1 is 1.29 bits per heavy atom. The van der Waals surface area contributed by atoms with E-state index in [1.807, 2.05) is 35.2 Å². The molecule has 1 heterocycles. The van der Waals surface area contributed by atoms with Crippen molar-refractivity contribution < 1.29 is 9.53 Å². The molecule has 1 aliphatic heterocycles. The molecule has 0 spiro atoms. The summed E-state index contributed by atoms with van der Waals surface area (Å²) in [5.41, 5.74) is 7.03. The Hall–Kier alpha value is -1.39. The van der Waals surface area contributed by atoms with E-state index in [-0.39, 0.29) is 11.9 Å². The van der Waals surface area contributed by atoms with Gasteiger partial charge in [0.15, 0.2) is 0 Å². The predicted molar refractivity (Wildman–Crippen MR) is 65.4 cm³/mol. The molecule has 0 aromatic heterocycles. The molecule has 1 saturated heterocycles. The zero-order chi connectivity index (χ0) is 12.1. The summed E-state index contributed by atoms with van der Waals surface area (Å²) in [6, 6.07) is 9.52. The molecule has 92 valence electrons. The van der Waals surface area contributed by atoms with E-state index in [2.05, 4.69) is 0 Å². The third kappa shape index (κ3) is 3.28. The summed E-state index contributed by atoms with van der Waals surface area (Å²) < 4.78 is 5.21. The fourth-order valence-electron chi connectivity index (χ4n) is 1.95. The second-order valence-corrected chi connectivity index (χ2v) is 4.21. The molecule has 0 radical (unpaired) electrons. The highest BCUT2D eigenvalue weighted by molar-refractivity contribution is 5.77. The Balaban J connectivity index is 1.89. The summed E-state index contributed by atoms with van der Waals surface area (Å²) in [5, 5.41) is 0. The van der Waals surface area contributed by atoms with Gasteiger partial charge in [-0.1, -0.05) is 30.3 Å². The number of morpholine rings is 1. The second-order valence-electron chi connectivity index (χ2n) is 4.21. The fraction of sp³-hybridized carbons (Fsp3) is 0.462. The molecule has 0 unspecified atom stereocenters. The van der Waals surface area contributed by atoms with E-state index in [4.69, 9.17) is 10.5 Å². The Morgan fingerprint density at radius 3 is 2.59 bits per heavy atom. The Morgan fingerprint density at radius 2 is 1.94 bits per heavy atom. The molecule has 1 fully saturated rings. The van der Waals surface area contributed by atoms with Crippen LogP contribution >= 0.6 is 0 Å². The van der Waals surface area contributed by atoms with Gasteiger partial charge in [0, 0.05) is 25.6 Å². The number of amides is 1. The first-order valence-electron chi connectivity index (χ1n) is 5.93. The Bertz CT molecular complexity index is 361. The Labute approximate surface area is 101 Å². The zero-order valence-electron chi connectivity index (χ0n) is 9.84. The van der Waals surface area contributed by atoms with Crippen molar-refractivity contribution in [2.75, 3.05) is 26.3 Å². The van der Waals surface area contributed by atoms with Gasteiger partial charge in [0.25, 0.3) is 0 Å². The number of nitrogens with two attached hydrogens (primary N) is 1. The molecule has 0 saturated carbocycles. The highest BCUT2D eigenvalue weighted by Crippen LogP contribution is 2.15. The minimum Gasteiger partial charge on any atom is -0.378 e. The molecule has 0 aliphatic carbocycles. The van der Waals surface area contributed by atoms with Gasteiger partial charge in [-0.2, -0.15) is 0 Å². The largest absolute Gasteiger partial charge is 0.378 e. The lowest BCUT2D eigenvalue weighted by Crippen LogP contribution is -2.41. The maximum absolute atomic E-state index is 12.0. The van der Waals surface area contributed by atoms with Crippen molar-refractivity contribution in [2.45, 2.75) is 12.5 Å². The van der Waals surface area contributed by atoms with Crippen LogP contribution in [0.5, 0.6) is 0 Å². The zero-order valence-corrected chi connectivity index (χ0v) is 9.84. The fourth-order valence-corrected chi connectivity index (χ4v) is 1.95. The third-order valence-electron chi connectivity index (χ3n) is 2.99. The van der Waals surface area contributed by atoms with Crippen molar-refractivity contribution in [3.63, 3.8) is 0 Å². The maximum Gasteiger partial charge on any atom is 0.224 e. The van der Waals surface area contributed by atoms with E-state index < -0.39 is 0 Å². The van der Waals surface area contributed by atoms with E-state index >= 15 is 0 Å². The molecule has 1 atom stereocenters. The van der Waals surface area contributed by atoms with Gasteiger partial charge in [0.2, 0.25) is 5.91 Å². The van der Waals surface area contributed by atoms with Crippen LogP contribution in [0, 0.1) is 0 Å². The van der Waals surface area contributed by atoms with Crippen LogP contribution in [-0.2, 0) is 9.53 Å². The van der Waals surface area contributed by atoms with Gasteiger partial charge in [-0.3, -0.25) is 4.79 Å². The molecule has 4 heteroatoms. The summed E-state index contributed by atoms with van der Waals surface area (Å²) >= 11 is 0. The molecular weight excluding hydrogens is 216 g/mol.